The molecule has 1 saturated carbocycles. The first kappa shape index (κ1) is 20.9. The molecule has 0 radical (unpaired) electrons. The monoisotopic (exact) mass is 422 g/mol. The van der Waals surface area contributed by atoms with E-state index in [1.807, 2.05) is 18.5 Å². The van der Waals surface area contributed by atoms with Crippen molar-refractivity contribution in [2.75, 3.05) is 18.2 Å². The van der Waals surface area contributed by atoms with E-state index in [9.17, 15) is 9.59 Å². The summed E-state index contributed by atoms with van der Waals surface area (Å²) >= 11 is 2.76. The number of ether oxygens (including phenoxy) is 1. The van der Waals surface area contributed by atoms with Crippen LogP contribution in [0.2, 0.25) is 0 Å². The summed E-state index contributed by atoms with van der Waals surface area (Å²) in [5.74, 6) is 1.07. The third-order valence-electron chi connectivity index (χ3n) is 4.96. The molecule has 0 unspecified atom stereocenters. The highest BCUT2D eigenvalue weighted by atomic mass is 32.2. The fraction of sp³-hybridized carbons (Fsp3) is 0.579. The summed E-state index contributed by atoms with van der Waals surface area (Å²) in [6.45, 7) is 2.01. The van der Waals surface area contributed by atoms with Crippen molar-refractivity contribution in [3.63, 3.8) is 0 Å². The third kappa shape index (κ3) is 4.75. The lowest BCUT2D eigenvalue weighted by atomic mass is 9.89. The van der Waals surface area contributed by atoms with Crippen molar-refractivity contribution in [1.82, 2.24) is 14.8 Å². The second kappa shape index (κ2) is 9.56. The third-order valence-corrected chi connectivity index (χ3v) is 7.18. The number of thiophene rings is 1. The molecule has 1 aliphatic rings. The largest absolute Gasteiger partial charge is 0.465 e. The maximum atomic E-state index is 12.4. The molecule has 3 rings (SSSR count). The predicted octanol–water partition coefficient (Wildman–Crippen LogP) is 4.00. The Bertz CT molecular complexity index is 840. The molecule has 9 heteroatoms. The van der Waals surface area contributed by atoms with E-state index in [0.717, 1.165) is 35.1 Å². The van der Waals surface area contributed by atoms with E-state index in [-0.39, 0.29) is 11.7 Å². The molecular formula is C19H26N4O3S2. The Hall–Kier alpha value is -1.87. The number of nitrogens with zero attached hydrogens (tertiary/aromatic N) is 3. The molecule has 1 fully saturated rings. The molecule has 1 amide bonds. The van der Waals surface area contributed by atoms with Crippen molar-refractivity contribution in [2.24, 2.45) is 7.05 Å². The minimum absolute atomic E-state index is 0.179. The SMILES string of the molecule is CCc1cc(C(=O)OC)c(NC(=O)CSc2nnc(C3CCCCC3)n2C)s1. The van der Waals surface area contributed by atoms with E-state index in [0.29, 0.717) is 16.5 Å². The van der Waals surface area contributed by atoms with E-state index >= 15 is 0 Å². The van der Waals surface area contributed by atoms with Gasteiger partial charge in [0.1, 0.15) is 10.8 Å². The summed E-state index contributed by atoms with van der Waals surface area (Å²) in [5.41, 5.74) is 0.404. The number of anilines is 1. The van der Waals surface area contributed by atoms with Crippen molar-refractivity contribution in [3.8, 4) is 0 Å². The van der Waals surface area contributed by atoms with Gasteiger partial charge in [0.05, 0.1) is 18.4 Å². The van der Waals surface area contributed by atoms with Crippen LogP contribution in [0.1, 0.15) is 66.0 Å². The molecule has 0 aromatic carbocycles. The highest BCUT2D eigenvalue weighted by Gasteiger charge is 2.23. The van der Waals surface area contributed by atoms with E-state index in [1.54, 1.807) is 6.07 Å². The fourth-order valence-electron chi connectivity index (χ4n) is 3.43. The molecule has 2 aromatic heterocycles. The molecule has 0 atom stereocenters. The van der Waals surface area contributed by atoms with Crippen molar-refractivity contribution in [2.45, 2.75) is 56.5 Å². The zero-order valence-electron chi connectivity index (χ0n) is 16.5. The number of thioether (sulfide) groups is 1. The zero-order chi connectivity index (χ0) is 20.1. The Labute approximate surface area is 173 Å². The number of esters is 1. The van der Waals surface area contributed by atoms with Crippen molar-refractivity contribution in [1.29, 1.82) is 0 Å². The summed E-state index contributed by atoms with van der Waals surface area (Å²) in [5, 5.41) is 12.8. The van der Waals surface area contributed by atoms with E-state index in [1.165, 1.54) is 49.5 Å². The van der Waals surface area contributed by atoms with Gasteiger partial charge in [0.25, 0.3) is 0 Å². The van der Waals surface area contributed by atoms with Gasteiger partial charge in [-0.25, -0.2) is 4.79 Å². The van der Waals surface area contributed by atoms with Crippen LogP contribution in [-0.4, -0.2) is 39.5 Å². The van der Waals surface area contributed by atoms with Crippen LogP contribution in [0.4, 0.5) is 5.00 Å². The van der Waals surface area contributed by atoms with Gasteiger partial charge in [-0.3, -0.25) is 4.79 Å². The lowest BCUT2D eigenvalue weighted by Crippen LogP contribution is -2.16. The summed E-state index contributed by atoms with van der Waals surface area (Å²) in [7, 11) is 3.30. The Morgan fingerprint density at radius 1 is 1.32 bits per heavy atom. The van der Waals surface area contributed by atoms with Gasteiger partial charge in [0.2, 0.25) is 5.91 Å². The first-order chi connectivity index (χ1) is 13.5. The molecule has 1 N–H and O–H groups in total. The molecule has 7 nitrogen and oxygen atoms in total. The van der Waals surface area contributed by atoms with Crippen molar-refractivity contribution >= 4 is 40.0 Å². The topological polar surface area (TPSA) is 86.1 Å². The summed E-state index contributed by atoms with van der Waals surface area (Å²) in [6, 6.07) is 1.78. The average molecular weight is 423 g/mol. The van der Waals surface area contributed by atoms with Gasteiger partial charge in [-0.1, -0.05) is 37.9 Å². The van der Waals surface area contributed by atoms with E-state index in [2.05, 4.69) is 15.5 Å². The zero-order valence-corrected chi connectivity index (χ0v) is 18.1. The molecule has 0 bridgehead atoms. The van der Waals surface area contributed by atoms with Crippen LogP contribution in [-0.2, 0) is 23.0 Å². The molecule has 2 aromatic rings. The summed E-state index contributed by atoms with van der Waals surface area (Å²) in [6.07, 6.45) is 6.89. The van der Waals surface area contributed by atoms with E-state index < -0.39 is 5.97 Å². The number of hydrogen-bond acceptors (Lipinski definition) is 7. The average Bonchev–Trinajstić information content (AvgIpc) is 3.29. The highest BCUT2D eigenvalue weighted by molar-refractivity contribution is 7.99. The quantitative estimate of drug-likeness (QED) is 0.536. The maximum Gasteiger partial charge on any atom is 0.340 e. The Balaban J connectivity index is 1.61. The molecule has 0 aliphatic heterocycles. The van der Waals surface area contributed by atoms with Gasteiger partial charge >= 0.3 is 5.97 Å². The molecule has 1 aliphatic carbocycles. The standard InChI is InChI=1S/C19H26N4O3S2/c1-4-13-10-14(18(25)26-3)17(28-13)20-15(24)11-27-19-22-21-16(23(19)2)12-8-6-5-7-9-12/h10,12H,4-9,11H2,1-3H3,(H,20,24). The number of rotatable bonds is 7. The van der Waals surface area contributed by atoms with E-state index in [4.69, 9.17) is 4.74 Å². The molecule has 152 valence electrons. The molecular weight excluding hydrogens is 396 g/mol. The summed E-state index contributed by atoms with van der Waals surface area (Å²) in [4.78, 5) is 25.4. The summed E-state index contributed by atoms with van der Waals surface area (Å²) < 4.78 is 6.82. The smallest absolute Gasteiger partial charge is 0.340 e. The number of methoxy groups -OCH3 is 1. The van der Waals surface area contributed by atoms with Crippen LogP contribution >= 0.6 is 23.1 Å². The molecule has 2 heterocycles. The first-order valence-corrected chi connectivity index (χ1v) is 11.4. The minimum Gasteiger partial charge on any atom is -0.465 e. The Morgan fingerprint density at radius 3 is 2.75 bits per heavy atom. The van der Waals surface area contributed by atoms with Crippen LogP contribution < -0.4 is 5.32 Å². The predicted molar refractivity (Wildman–Crippen MR) is 111 cm³/mol. The van der Waals surface area contributed by atoms with Crippen molar-refractivity contribution < 1.29 is 14.3 Å². The van der Waals surface area contributed by atoms with Crippen molar-refractivity contribution in [3.05, 3.63) is 22.3 Å². The normalized spacial score (nSPS) is 14.8. The minimum atomic E-state index is -0.440. The Kier molecular flexibility index (Phi) is 7.12. The Morgan fingerprint density at radius 2 is 2.07 bits per heavy atom. The number of aromatic nitrogens is 3. The second-order valence-corrected chi connectivity index (χ2v) is 8.95. The second-order valence-electron chi connectivity index (χ2n) is 6.87. The van der Waals surface area contributed by atoms with Gasteiger partial charge in [-0.05, 0) is 25.3 Å². The number of nitrogens with one attached hydrogen (secondary N) is 1. The molecule has 28 heavy (non-hydrogen) atoms. The number of carbonyl (C=O) groups is 2. The van der Waals surface area contributed by atoms with Gasteiger partial charge in [-0.2, -0.15) is 0 Å². The molecule has 0 saturated heterocycles. The number of amides is 1. The van der Waals surface area contributed by atoms with Gasteiger partial charge in [-0.15, -0.1) is 21.5 Å². The van der Waals surface area contributed by atoms with Crippen LogP contribution in [0.15, 0.2) is 11.2 Å². The van der Waals surface area contributed by atoms with Gasteiger partial charge in [0, 0.05) is 17.8 Å². The number of hydrogen-bond donors (Lipinski definition) is 1. The van der Waals surface area contributed by atoms with Crippen LogP contribution in [0.3, 0.4) is 0 Å². The van der Waals surface area contributed by atoms with Gasteiger partial charge < -0.3 is 14.6 Å². The number of aryl methyl sites for hydroxylation is 1. The van der Waals surface area contributed by atoms with Crippen LogP contribution in [0, 0.1) is 0 Å². The highest BCUT2D eigenvalue weighted by Crippen LogP contribution is 2.33. The van der Waals surface area contributed by atoms with Gasteiger partial charge in [0.15, 0.2) is 5.16 Å². The lowest BCUT2D eigenvalue weighted by Gasteiger charge is -2.20. The lowest BCUT2D eigenvalue weighted by molar-refractivity contribution is -0.113. The van der Waals surface area contributed by atoms with Crippen LogP contribution in [0.5, 0.6) is 0 Å². The molecule has 0 spiro atoms. The first-order valence-electron chi connectivity index (χ1n) is 9.56. The maximum absolute atomic E-state index is 12.4. The number of carbonyl (C=O) groups excluding carboxylic acids is 2. The van der Waals surface area contributed by atoms with Crippen LogP contribution in [0.25, 0.3) is 0 Å². The fourth-order valence-corrected chi connectivity index (χ4v) is 5.15.